The molecule has 2 saturated carbocycles. The molecular formula is C15H22N2O. The topological polar surface area (TPSA) is 34.1 Å². The molecule has 18 heavy (non-hydrogen) atoms. The minimum atomic E-state index is 0.689. The van der Waals surface area contributed by atoms with Crippen LogP contribution >= 0.6 is 0 Å². The summed E-state index contributed by atoms with van der Waals surface area (Å²) in [5.74, 6) is 4.60. The van der Waals surface area contributed by atoms with Crippen LogP contribution in [0.25, 0.3) is 0 Å². The Morgan fingerprint density at radius 3 is 3.06 bits per heavy atom. The quantitative estimate of drug-likeness (QED) is 0.865. The second-order valence-corrected chi connectivity index (χ2v) is 5.60. The van der Waals surface area contributed by atoms with E-state index in [1.165, 1.54) is 25.7 Å². The highest BCUT2D eigenvalue weighted by molar-refractivity contribution is 5.49. The predicted molar refractivity (Wildman–Crippen MR) is 72.8 cm³/mol. The largest absolute Gasteiger partial charge is 0.490 e. The number of fused-ring (bicyclic) bond motifs is 2. The van der Waals surface area contributed by atoms with Crippen molar-refractivity contribution in [3.05, 3.63) is 18.3 Å². The molecule has 0 aliphatic heterocycles. The Bertz CT molecular complexity index is 407. The fraction of sp³-hybridized carbons (Fsp3) is 0.667. The molecule has 0 radical (unpaired) electrons. The van der Waals surface area contributed by atoms with Crippen molar-refractivity contribution < 1.29 is 4.74 Å². The summed E-state index contributed by atoms with van der Waals surface area (Å²) in [5.41, 5.74) is 0. The lowest BCUT2D eigenvalue weighted by atomic mass is 9.89. The van der Waals surface area contributed by atoms with Gasteiger partial charge in [0.1, 0.15) is 0 Å². The van der Waals surface area contributed by atoms with Crippen LogP contribution in [0, 0.1) is 17.8 Å². The van der Waals surface area contributed by atoms with Crippen LogP contribution in [-0.2, 0) is 0 Å². The summed E-state index contributed by atoms with van der Waals surface area (Å²) in [5, 5.41) is 3.49. The van der Waals surface area contributed by atoms with Gasteiger partial charge in [-0.3, -0.25) is 0 Å². The normalized spacial score (nSPS) is 29.5. The van der Waals surface area contributed by atoms with Gasteiger partial charge in [-0.15, -0.1) is 0 Å². The Morgan fingerprint density at radius 2 is 2.33 bits per heavy atom. The van der Waals surface area contributed by atoms with Gasteiger partial charge in [-0.05, 0) is 56.1 Å². The molecule has 0 spiro atoms. The molecule has 3 heteroatoms. The molecule has 2 fully saturated rings. The van der Waals surface area contributed by atoms with Crippen molar-refractivity contribution in [3.8, 4) is 5.75 Å². The molecule has 3 rings (SSSR count). The van der Waals surface area contributed by atoms with Gasteiger partial charge in [0, 0.05) is 12.7 Å². The fourth-order valence-corrected chi connectivity index (χ4v) is 3.65. The second-order valence-electron chi connectivity index (χ2n) is 5.60. The third-order valence-corrected chi connectivity index (χ3v) is 4.49. The van der Waals surface area contributed by atoms with Gasteiger partial charge in [-0.2, -0.15) is 0 Å². The third kappa shape index (κ3) is 2.31. The van der Waals surface area contributed by atoms with Crippen molar-refractivity contribution in [3.63, 3.8) is 0 Å². The van der Waals surface area contributed by atoms with Crippen molar-refractivity contribution in [2.75, 3.05) is 18.5 Å². The Balaban J connectivity index is 1.59. The van der Waals surface area contributed by atoms with E-state index in [1.54, 1.807) is 0 Å². The minimum absolute atomic E-state index is 0.689. The number of nitrogens with zero attached hydrogens (tertiary/aromatic N) is 1. The summed E-state index contributed by atoms with van der Waals surface area (Å²) in [7, 11) is 0. The monoisotopic (exact) mass is 246 g/mol. The van der Waals surface area contributed by atoms with Gasteiger partial charge < -0.3 is 10.1 Å². The zero-order valence-electron chi connectivity index (χ0n) is 11.1. The van der Waals surface area contributed by atoms with Crippen LogP contribution in [0.5, 0.6) is 5.75 Å². The van der Waals surface area contributed by atoms with Gasteiger partial charge in [-0.1, -0.05) is 6.42 Å². The molecular weight excluding hydrogens is 224 g/mol. The first-order chi connectivity index (χ1) is 8.86. The molecule has 1 aromatic rings. The number of hydrogen-bond donors (Lipinski definition) is 1. The lowest BCUT2D eigenvalue weighted by Crippen LogP contribution is -2.20. The highest BCUT2D eigenvalue weighted by Crippen LogP contribution is 2.48. The van der Waals surface area contributed by atoms with Gasteiger partial charge in [0.25, 0.3) is 0 Å². The number of aromatic nitrogens is 1. The predicted octanol–water partition coefficient (Wildman–Crippen LogP) is 3.33. The Kier molecular flexibility index (Phi) is 3.39. The van der Waals surface area contributed by atoms with Crippen molar-refractivity contribution >= 4 is 5.82 Å². The van der Waals surface area contributed by atoms with E-state index >= 15 is 0 Å². The smallest absolute Gasteiger partial charge is 0.168 e. The minimum Gasteiger partial charge on any atom is -0.490 e. The van der Waals surface area contributed by atoms with Crippen molar-refractivity contribution in [2.45, 2.75) is 32.6 Å². The lowest BCUT2D eigenvalue weighted by molar-refractivity contribution is 0.336. The number of pyridine rings is 1. The molecule has 3 unspecified atom stereocenters. The Hall–Kier alpha value is -1.25. The van der Waals surface area contributed by atoms with Crippen molar-refractivity contribution in [2.24, 2.45) is 17.8 Å². The van der Waals surface area contributed by atoms with Gasteiger partial charge in [0.05, 0.1) is 6.61 Å². The van der Waals surface area contributed by atoms with E-state index < -0.39 is 0 Å². The highest BCUT2D eigenvalue weighted by Gasteiger charge is 2.39. The van der Waals surface area contributed by atoms with E-state index in [1.807, 2.05) is 25.3 Å². The first-order valence-electron chi connectivity index (χ1n) is 7.18. The number of rotatable bonds is 5. The van der Waals surface area contributed by atoms with Crippen LogP contribution in [-0.4, -0.2) is 18.1 Å². The van der Waals surface area contributed by atoms with Gasteiger partial charge in [-0.25, -0.2) is 4.98 Å². The van der Waals surface area contributed by atoms with Crippen LogP contribution in [0.4, 0.5) is 5.82 Å². The summed E-state index contributed by atoms with van der Waals surface area (Å²) in [6.07, 6.45) is 7.61. The van der Waals surface area contributed by atoms with E-state index in [4.69, 9.17) is 4.74 Å². The second kappa shape index (κ2) is 5.17. The molecule has 3 nitrogen and oxygen atoms in total. The summed E-state index contributed by atoms with van der Waals surface area (Å²) < 4.78 is 5.59. The maximum Gasteiger partial charge on any atom is 0.168 e. The molecule has 0 saturated heterocycles. The molecule has 2 aliphatic rings. The van der Waals surface area contributed by atoms with Crippen molar-refractivity contribution in [1.29, 1.82) is 0 Å². The summed E-state index contributed by atoms with van der Waals surface area (Å²) in [6, 6.07) is 3.91. The maximum atomic E-state index is 5.59. The van der Waals surface area contributed by atoms with Crippen molar-refractivity contribution in [1.82, 2.24) is 4.98 Å². The SMILES string of the molecule is CCOc1cccnc1NCC1CC2CCC1C2. The summed E-state index contributed by atoms with van der Waals surface area (Å²) >= 11 is 0. The highest BCUT2D eigenvalue weighted by atomic mass is 16.5. The lowest BCUT2D eigenvalue weighted by Gasteiger charge is -2.22. The van der Waals surface area contributed by atoms with E-state index in [9.17, 15) is 0 Å². The average Bonchev–Trinajstić information content (AvgIpc) is 3.00. The maximum absolute atomic E-state index is 5.59. The molecule has 2 bridgehead atoms. The van der Waals surface area contributed by atoms with Gasteiger partial charge in [0.2, 0.25) is 0 Å². The average molecular weight is 246 g/mol. The fourth-order valence-electron chi connectivity index (χ4n) is 3.65. The first kappa shape index (κ1) is 11.8. The number of ether oxygens (including phenoxy) is 1. The molecule has 1 heterocycles. The molecule has 3 atom stereocenters. The number of hydrogen-bond acceptors (Lipinski definition) is 3. The zero-order chi connectivity index (χ0) is 12.4. The van der Waals surface area contributed by atoms with Gasteiger partial charge >= 0.3 is 0 Å². The van der Waals surface area contributed by atoms with Crippen LogP contribution in [0.2, 0.25) is 0 Å². The molecule has 98 valence electrons. The van der Waals surface area contributed by atoms with E-state index in [0.717, 1.165) is 35.9 Å². The molecule has 1 aromatic heterocycles. The Labute approximate surface area is 109 Å². The third-order valence-electron chi connectivity index (χ3n) is 4.49. The van der Waals surface area contributed by atoms with Crippen LogP contribution in [0.1, 0.15) is 32.6 Å². The zero-order valence-corrected chi connectivity index (χ0v) is 11.1. The number of anilines is 1. The molecule has 1 N–H and O–H groups in total. The Morgan fingerprint density at radius 1 is 1.39 bits per heavy atom. The molecule has 0 amide bonds. The van der Waals surface area contributed by atoms with Crippen LogP contribution in [0.3, 0.4) is 0 Å². The van der Waals surface area contributed by atoms with E-state index in [2.05, 4.69) is 10.3 Å². The number of nitrogens with one attached hydrogen (secondary N) is 1. The van der Waals surface area contributed by atoms with E-state index in [-0.39, 0.29) is 0 Å². The van der Waals surface area contributed by atoms with Crippen LogP contribution in [0.15, 0.2) is 18.3 Å². The van der Waals surface area contributed by atoms with Crippen LogP contribution < -0.4 is 10.1 Å². The first-order valence-corrected chi connectivity index (χ1v) is 7.18. The standard InChI is InChI=1S/C15H22N2O/c1-2-18-14-4-3-7-16-15(14)17-10-13-9-11-5-6-12(13)8-11/h3-4,7,11-13H,2,5-6,8-10H2,1H3,(H,16,17). The van der Waals surface area contributed by atoms with Gasteiger partial charge in [0.15, 0.2) is 11.6 Å². The molecule has 0 aromatic carbocycles. The van der Waals surface area contributed by atoms with E-state index in [0.29, 0.717) is 6.61 Å². The summed E-state index contributed by atoms with van der Waals surface area (Å²) in [4.78, 5) is 4.38. The molecule has 2 aliphatic carbocycles. The summed E-state index contributed by atoms with van der Waals surface area (Å²) in [6.45, 7) is 3.75.